The van der Waals surface area contributed by atoms with Crippen LogP contribution >= 0.6 is 12.4 Å². The molecular weight excluding hydrogens is 358 g/mol. The molecule has 26 heavy (non-hydrogen) atoms. The number of rotatable bonds is 5. The van der Waals surface area contributed by atoms with Gasteiger partial charge in [-0.05, 0) is 24.3 Å². The number of ether oxygens (including phenoxy) is 1. The molecule has 9 heteroatoms. The molecule has 1 aliphatic rings. The van der Waals surface area contributed by atoms with E-state index in [9.17, 15) is 9.59 Å². The molecule has 0 saturated carbocycles. The first-order chi connectivity index (χ1) is 12.1. The maximum absolute atomic E-state index is 12.9. The average Bonchev–Trinajstić information content (AvgIpc) is 3.05. The minimum absolute atomic E-state index is 0. The monoisotopic (exact) mass is 379 g/mol. The summed E-state index contributed by atoms with van der Waals surface area (Å²) in [4.78, 5) is 29.9. The molecule has 0 spiro atoms. The van der Waals surface area contributed by atoms with Gasteiger partial charge < -0.3 is 25.3 Å². The number of nitrogens with zero attached hydrogens (tertiary/aromatic N) is 3. The molecule has 0 aliphatic carbocycles. The zero-order valence-electron chi connectivity index (χ0n) is 14.4. The number of hydrogen-bond acceptors (Lipinski definition) is 5. The number of piperazine rings is 1. The smallest absolute Gasteiger partial charge is 0.255 e. The molecule has 0 bridgehead atoms. The Labute approximate surface area is 157 Å². The summed E-state index contributed by atoms with van der Waals surface area (Å²) in [6.07, 6.45) is 3.61. The summed E-state index contributed by atoms with van der Waals surface area (Å²) in [6, 6.07) is 6.58. The highest BCUT2D eigenvalue weighted by molar-refractivity contribution is 5.94. The van der Waals surface area contributed by atoms with Gasteiger partial charge in [-0.25, -0.2) is 4.98 Å². The van der Waals surface area contributed by atoms with Crippen molar-refractivity contribution in [1.29, 1.82) is 0 Å². The number of aryl methyl sites for hydroxylation is 1. The number of imidazole rings is 1. The lowest BCUT2D eigenvalue weighted by atomic mass is 10.1. The van der Waals surface area contributed by atoms with E-state index in [-0.39, 0.29) is 31.0 Å². The van der Waals surface area contributed by atoms with E-state index in [2.05, 4.69) is 10.3 Å². The number of amides is 2. The van der Waals surface area contributed by atoms with E-state index in [0.717, 1.165) is 12.4 Å². The molecule has 3 N–H and O–H groups in total. The van der Waals surface area contributed by atoms with Crippen molar-refractivity contribution in [3.63, 3.8) is 0 Å². The van der Waals surface area contributed by atoms with Crippen LogP contribution in [0.25, 0.3) is 0 Å². The summed E-state index contributed by atoms with van der Waals surface area (Å²) < 4.78 is 7.15. The molecule has 1 aliphatic heterocycles. The SMILES string of the molecule is Cl.Cn1ccnc1C1CNCCN1C(=O)c1ccc(OCC(N)=O)cc1. The van der Waals surface area contributed by atoms with Crippen molar-refractivity contribution in [1.82, 2.24) is 19.8 Å². The van der Waals surface area contributed by atoms with Gasteiger partial charge in [-0.2, -0.15) is 0 Å². The van der Waals surface area contributed by atoms with Gasteiger partial charge >= 0.3 is 0 Å². The van der Waals surface area contributed by atoms with Gasteiger partial charge in [-0.1, -0.05) is 0 Å². The molecule has 1 aromatic carbocycles. The highest BCUT2D eigenvalue weighted by Gasteiger charge is 2.30. The summed E-state index contributed by atoms with van der Waals surface area (Å²) in [6.45, 7) is 1.82. The van der Waals surface area contributed by atoms with Crippen molar-refractivity contribution in [3.8, 4) is 5.75 Å². The Bertz CT molecular complexity index is 762. The predicted octanol–water partition coefficient (Wildman–Crippen LogP) is 0.493. The molecule has 3 rings (SSSR count). The van der Waals surface area contributed by atoms with Gasteiger partial charge in [-0.15, -0.1) is 12.4 Å². The Balaban J connectivity index is 0.00000243. The number of hydrogen-bond donors (Lipinski definition) is 2. The van der Waals surface area contributed by atoms with Crippen LogP contribution in [0, 0.1) is 0 Å². The average molecular weight is 380 g/mol. The molecular formula is C17H22ClN5O3. The molecule has 2 amide bonds. The molecule has 1 atom stereocenters. The number of carbonyl (C=O) groups excluding carboxylic acids is 2. The summed E-state index contributed by atoms with van der Waals surface area (Å²) in [5.41, 5.74) is 5.61. The van der Waals surface area contributed by atoms with Gasteiger partial charge in [0, 0.05) is 44.6 Å². The van der Waals surface area contributed by atoms with Crippen LogP contribution in [0.4, 0.5) is 0 Å². The van der Waals surface area contributed by atoms with Crippen LogP contribution in [-0.4, -0.2) is 52.5 Å². The molecule has 1 unspecified atom stereocenters. The maximum atomic E-state index is 12.9. The van der Waals surface area contributed by atoms with E-state index in [0.29, 0.717) is 24.4 Å². The number of carbonyl (C=O) groups is 2. The van der Waals surface area contributed by atoms with E-state index in [4.69, 9.17) is 10.5 Å². The van der Waals surface area contributed by atoms with E-state index in [1.54, 1.807) is 30.5 Å². The third-order valence-corrected chi connectivity index (χ3v) is 4.14. The first-order valence-electron chi connectivity index (χ1n) is 8.06. The first-order valence-corrected chi connectivity index (χ1v) is 8.06. The van der Waals surface area contributed by atoms with Crippen molar-refractivity contribution in [3.05, 3.63) is 48.0 Å². The molecule has 1 fully saturated rings. The van der Waals surface area contributed by atoms with Crippen LogP contribution in [0.1, 0.15) is 22.2 Å². The third kappa shape index (κ3) is 4.33. The van der Waals surface area contributed by atoms with Crippen molar-refractivity contribution in [2.45, 2.75) is 6.04 Å². The Morgan fingerprint density at radius 2 is 2.08 bits per heavy atom. The second-order valence-electron chi connectivity index (χ2n) is 5.89. The van der Waals surface area contributed by atoms with Gasteiger partial charge in [0.25, 0.3) is 11.8 Å². The van der Waals surface area contributed by atoms with E-state index < -0.39 is 5.91 Å². The maximum Gasteiger partial charge on any atom is 0.255 e. The highest BCUT2D eigenvalue weighted by atomic mass is 35.5. The Kier molecular flexibility index (Phi) is 6.59. The Hall–Kier alpha value is -2.58. The van der Waals surface area contributed by atoms with Crippen molar-refractivity contribution >= 4 is 24.2 Å². The van der Waals surface area contributed by atoms with E-state index in [1.807, 2.05) is 22.7 Å². The van der Waals surface area contributed by atoms with Crippen molar-refractivity contribution in [2.75, 3.05) is 26.2 Å². The number of halogens is 1. The van der Waals surface area contributed by atoms with Gasteiger partial charge in [0.15, 0.2) is 6.61 Å². The fraction of sp³-hybridized carbons (Fsp3) is 0.353. The standard InChI is InChI=1S/C17H21N5O3.ClH/c1-21-8-7-20-16(21)14-10-19-6-9-22(14)17(24)12-2-4-13(5-3-12)25-11-15(18)23;/h2-5,7-8,14,19H,6,9-11H2,1H3,(H2,18,23);1H. The number of benzene rings is 1. The summed E-state index contributed by atoms with van der Waals surface area (Å²) in [5.74, 6) is 0.744. The normalized spacial score (nSPS) is 16.7. The largest absolute Gasteiger partial charge is 0.484 e. The fourth-order valence-corrected chi connectivity index (χ4v) is 2.89. The lowest BCUT2D eigenvalue weighted by molar-refractivity contribution is -0.119. The van der Waals surface area contributed by atoms with Crippen LogP contribution in [-0.2, 0) is 11.8 Å². The van der Waals surface area contributed by atoms with Crippen LogP contribution in [0.2, 0.25) is 0 Å². The lowest BCUT2D eigenvalue weighted by Crippen LogP contribution is -2.49. The molecule has 0 radical (unpaired) electrons. The van der Waals surface area contributed by atoms with Crippen molar-refractivity contribution in [2.24, 2.45) is 12.8 Å². The van der Waals surface area contributed by atoms with Crippen molar-refractivity contribution < 1.29 is 14.3 Å². The van der Waals surface area contributed by atoms with Crippen LogP contribution < -0.4 is 15.8 Å². The lowest BCUT2D eigenvalue weighted by Gasteiger charge is -2.35. The summed E-state index contributed by atoms with van der Waals surface area (Å²) in [7, 11) is 1.92. The van der Waals surface area contributed by atoms with Gasteiger partial charge in [0.05, 0.1) is 0 Å². The predicted molar refractivity (Wildman–Crippen MR) is 98.2 cm³/mol. The summed E-state index contributed by atoms with van der Waals surface area (Å²) >= 11 is 0. The van der Waals surface area contributed by atoms with E-state index in [1.165, 1.54) is 0 Å². The number of aromatic nitrogens is 2. The van der Waals surface area contributed by atoms with E-state index >= 15 is 0 Å². The fourth-order valence-electron chi connectivity index (χ4n) is 2.89. The zero-order valence-corrected chi connectivity index (χ0v) is 15.2. The van der Waals surface area contributed by atoms with Gasteiger partial charge in [0.2, 0.25) is 0 Å². The van der Waals surface area contributed by atoms with Gasteiger partial charge in [-0.3, -0.25) is 9.59 Å². The first kappa shape index (κ1) is 19.7. The molecule has 8 nitrogen and oxygen atoms in total. The van der Waals surface area contributed by atoms with Gasteiger partial charge in [0.1, 0.15) is 17.6 Å². The summed E-state index contributed by atoms with van der Waals surface area (Å²) in [5, 5.41) is 3.31. The number of nitrogens with one attached hydrogen (secondary N) is 1. The minimum Gasteiger partial charge on any atom is -0.484 e. The number of nitrogens with two attached hydrogens (primary N) is 1. The zero-order chi connectivity index (χ0) is 17.8. The van der Waals surface area contributed by atoms with Crippen LogP contribution in [0.3, 0.4) is 0 Å². The quantitative estimate of drug-likeness (QED) is 0.787. The Morgan fingerprint density at radius 1 is 1.35 bits per heavy atom. The molecule has 2 heterocycles. The second kappa shape index (κ2) is 8.68. The third-order valence-electron chi connectivity index (χ3n) is 4.14. The molecule has 2 aromatic rings. The van der Waals surface area contributed by atoms with Crippen LogP contribution in [0.15, 0.2) is 36.7 Å². The molecule has 1 aromatic heterocycles. The minimum atomic E-state index is -0.543. The topological polar surface area (TPSA) is 102 Å². The number of primary amides is 1. The highest BCUT2D eigenvalue weighted by Crippen LogP contribution is 2.23. The molecule has 140 valence electrons. The second-order valence-corrected chi connectivity index (χ2v) is 5.89. The van der Waals surface area contributed by atoms with Crippen LogP contribution in [0.5, 0.6) is 5.75 Å². The molecule has 1 saturated heterocycles. The Morgan fingerprint density at radius 3 is 2.69 bits per heavy atom.